The van der Waals surface area contributed by atoms with Crippen LogP contribution in [0.2, 0.25) is 0 Å². The number of nitriles is 1. The molecular weight excluding hydrogens is 350 g/mol. The molecule has 1 aliphatic carbocycles. The molecule has 1 aliphatic heterocycles. The SMILES string of the molecule is N#Cc1ccc(S(=O)(=O)N2CCN(C(=O)C3CCCCCC3)CC2)cc1. The van der Waals surface area contributed by atoms with E-state index in [9.17, 15) is 13.2 Å². The maximum atomic E-state index is 12.8. The van der Waals surface area contributed by atoms with Crippen LogP contribution in [0.15, 0.2) is 29.2 Å². The molecule has 3 rings (SSSR count). The minimum Gasteiger partial charge on any atom is -0.340 e. The summed E-state index contributed by atoms with van der Waals surface area (Å²) in [6.45, 7) is 1.54. The van der Waals surface area contributed by atoms with Gasteiger partial charge in [0.15, 0.2) is 0 Å². The summed E-state index contributed by atoms with van der Waals surface area (Å²) in [5, 5.41) is 8.84. The van der Waals surface area contributed by atoms with E-state index in [2.05, 4.69) is 0 Å². The Hall–Kier alpha value is -1.91. The van der Waals surface area contributed by atoms with Crippen LogP contribution in [-0.4, -0.2) is 49.7 Å². The highest BCUT2D eigenvalue weighted by atomic mass is 32.2. The first-order valence-electron chi connectivity index (χ1n) is 9.31. The van der Waals surface area contributed by atoms with E-state index >= 15 is 0 Å². The quantitative estimate of drug-likeness (QED) is 0.760. The number of piperazine rings is 1. The summed E-state index contributed by atoms with van der Waals surface area (Å²) in [6.07, 6.45) is 6.57. The summed E-state index contributed by atoms with van der Waals surface area (Å²) in [5.74, 6) is 0.307. The molecule has 1 amide bonds. The zero-order chi connectivity index (χ0) is 18.6. The van der Waals surface area contributed by atoms with E-state index in [0.717, 1.165) is 25.7 Å². The fraction of sp³-hybridized carbons (Fsp3) is 0.579. The molecule has 2 fully saturated rings. The monoisotopic (exact) mass is 375 g/mol. The van der Waals surface area contributed by atoms with Crippen molar-refractivity contribution in [3.8, 4) is 6.07 Å². The lowest BCUT2D eigenvalue weighted by Gasteiger charge is -2.35. The van der Waals surface area contributed by atoms with E-state index < -0.39 is 10.0 Å². The number of rotatable bonds is 3. The molecular formula is C19H25N3O3S. The van der Waals surface area contributed by atoms with Gasteiger partial charge in [-0.05, 0) is 37.1 Å². The number of benzene rings is 1. The van der Waals surface area contributed by atoms with Crippen molar-refractivity contribution < 1.29 is 13.2 Å². The number of carbonyl (C=O) groups excluding carboxylic acids is 1. The molecule has 6 nitrogen and oxygen atoms in total. The molecule has 0 bridgehead atoms. The first-order chi connectivity index (χ1) is 12.5. The van der Waals surface area contributed by atoms with Gasteiger partial charge in [0.2, 0.25) is 15.9 Å². The van der Waals surface area contributed by atoms with Crippen LogP contribution in [0.4, 0.5) is 0 Å². The van der Waals surface area contributed by atoms with E-state index in [0.29, 0.717) is 31.7 Å². The van der Waals surface area contributed by atoms with Crippen LogP contribution in [0.1, 0.15) is 44.1 Å². The minimum absolute atomic E-state index is 0.110. The third kappa shape index (κ3) is 4.08. The Morgan fingerprint density at radius 3 is 2.08 bits per heavy atom. The Kier molecular flexibility index (Phi) is 5.94. The van der Waals surface area contributed by atoms with Gasteiger partial charge in [-0.1, -0.05) is 25.7 Å². The number of amides is 1. The zero-order valence-electron chi connectivity index (χ0n) is 14.9. The van der Waals surface area contributed by atoms with Crippen LogP contribution >= 0.6 is 0 Å². The second-order valence-electron chi connectivity index (χ2n) is 7.05. The van der Waals surface area contributed by atoms with Crippen LogP contribution in [0.3, 0.4) is 0 Å². The van der Waals surface area contributed by atoms with Gasteiger partial charge in [-0.25, -0.2) is 8.42 Å². The second kappa shape index (κ2) is 8.19. The summed E-state index contributed by atoms with van der Waals surface area (Å²) in [5.41, 5.74) is 0.433. The van der Waals surface area contributed by atoms with Crippen molar-refractivity contribution in [3.05, 3.63) is 29.8 Å². The summed E-state index contributed by atoms with van der Waals surface area (Å²) in [6, 6.07) is 7.95. The van der Waals surface area contributed by atoms with E-state index in [1.807, 2.05) is 11.0 Å². The highest BCUT2D eigenvalue weighted by Gasteiger charge is 2.32. The predicted molar refractivity (Wildman–Crippen MR) is 97.7 cm³/mol. The minimum atomic E-state index is -3.58. The fourth-order valence-corrected chi connectivity index (χ4v) is 5.21. The molecule has 0 spiro atoms. The molecule has 0 aromatic heterocycles. The molecule has 0 unspecified atom stereocenters. The van der Waals surface area contributed by atoms with Crippen molar-refractivity contribution in [3.63, 3.8) is 0 Å². The number of carbonyl (C=O) groups is 1. The molecule has 0 radical (unpaired) electrons. The normalized spacial score (nSPS) is 20.3. The standard InChI is InChI=1S/C19H25N3O3S/c20-15-16-7-9-18(10-8-16)26(24,25)22-13-11-21(12-14-22)19(23)17-5-3-1-2-4-6-17/h7-10,17H,1-6,11-14H2. The smallest absolute Gasteiger partial charge is 0.243 e. The van der Waals surface area contributed by atoms with Gasteiger partial charge >= 0.3 is 0 Å². The lowest BCUT2D eigenvalue weighted by Crippen LogP contribution is -2.51. The third-order valence-corrected chi connectivity index (χ3v) is 7.29. The number of nitrogens with zero attached hydrogens (tertiary/aromatic N) is 3. The predicted octanol–water partition coefficient (Wildman–Crippen LogP) is 2.36. The molecule has 1 saturated heterocycles. The molecule has 2 aliphatic rings. The summed E-state index contributed by atoms with van der Waals surface area (Å²) in [7, 11) is -3.58. The molecule has 7 heteroatoms. The molecule has 0 N–H and O–H groups in total. The van der Waals surface area contributed by atoms with Crippen LogP contribution in [0.5, 0.6) is 0 Å². The van der Waals surface area contributed by atoms with Gasteiger partial charge < -0.3 is 4.90 Å². The van der Waals surface area contributed by atoms with E-state index in [1.165, 1.54) is 41.4 Å². The number of hydrogen-bond donors (Lipinski definition) is 0. The van der Waals surface area contributed by atoms with Crippen LogP contribution in [-0.2, 0) is 14.8 Å². The molecule has 1 heterocycles. The van der Waals surface area contributed by atoms with Crippen molar-refractivity contribution >= 4 is 15.9 Å². The lowest BCUT2D eigenvalue weighted by molar-refractivity contribution is -0.137. The zero-order valence-corrected chi connectivity index (χ0v) is 15.7. The molecule has 0 atom stereocenters. The highest BCUT2D eigenvalue weighted by Crippen LogP contribution is 2.26. The van der Waals surface area contributed by atoms with Crippen molar-refractivity contribution in [2.45, 2.75) is 43.4 Å². The Morgan fingerprint density at radius 2 is 1.54 bits per heavy atom. The number of sulfonamides is 1. The van der Waals surface area contributed by atoms with Crippen molar-refractivity contribution in [2.75, 3.05) is 26.2 Å². The second-order valence-corrected chi connectivity index (χ2v) is 8.99. The maximum Gasteiger partial charge on any atom is 0.243 e. The van der Waals surface area contributed by atoms with Gasteiger partial charge in [0.25, 0.3) is 0 Å². The first kappa shape index (κ1) is 18.9. The fourth-order valence-electron chi connectivity index (χ4n) is 3.78. The Morgan fingerprint density at radius 1 is 0.962 bits per heavy atom. The van der Waals surface area contributed by atoms with Crippen molar-refractivity contribution in [1.82, 2.24) is 9.21 Å². The van der Waals surface area contributed by atoms with Crippen molar-refractivity contribution in [2.24, 2.45) is 5.92 Å². The Labute approximate surface area is 155 Å². The summed E-state index contributed by atoms with van der Waals surface area (Å²) in [4.78, 5) is 14.8. The lowest BCUT2D eigenvalue weighted by atomic mass is 9.98. The summed E-state index contributed by atoms with van der Waals surface area (Å²) >= 11 is 0. The molecule has 1 aromatic carbocycles. The average Bonchev–Trinajstić information content (AvgIpc) is 2.97. The van der Waals surface area contributed by atoms with E-state index in [-0.39, 0.29) is 16.7 Å². The van der Waals surface area contributed by atoms with E-state index in [1.54, 1.807) is 0 Å². The topological polar surface area (TPSA) is 81.5 Å². The van der Waals surface area contributed by atoms with Crippen LogP contribution in [0, 0.1) is 17.2 Å². The van der Waals surface area contributed by atoms with Gasteiger partial charge in [0.05, 0.1) is 16.5 Å². The van der Waals surface area contributed by atoms with Crippen LogP contribution in [0.25, 0.3) is 0 Å². The Balaban J connectivity index is 1.61. The van der Waals surface area contributed by atoms with Crippen molar-refractivity contribution in [1.29, 1.82) is 5.26 Å². The van der Waals surface area contributed by atoms with Crippen LogP contribution < -0.4 is 0 Å². The summed E-state index contributed by atoms with van der Waals surface area (Å²) < 4.78 is 26.9. The largest absolute Gasteiger partial charge is 0.340 e. The molecule has 1 saturated carbocycles. The maximum absolute atomic E-state index is 12.8. The van der Waals surface area contributed by atoms with E-state index in [4.69, 9.17) is 5.26 Å². The van der Waals surface area contributed by atoms with Gasteiger partial charge in [-0.15, -0.1) is 0 Å². The molecule has 1 aromatic rings. The highest BCUT2D eigenvalue weighted by molar-refractivity contribution is 7.89. The van der Waals surface area contributed by atoms with Gasteiger partial charge in [0, 0.05) is 32.1 Å². The third-order valence-electron chi connectivity index (χ3n) is 5.38. The first-order valence-corrected chi connectivity index (χ1v) is 10.8. The molecule has 140 valence electrons. The van der Waals surface area contributed by atoms with Gasteiger partial charge in [-0.2, -0.15) is 9.57 Å². The molecule has 26 heavy (non-hydrogen) atoms. The number of hydrogen-bond acceptors (Lipinski definition) is 4. The van der Waals surface area contributed by atoms with Gasteiger partial charge in [-0.3, -0.25) is 4.79 Å². The van der Waals surface area contributed by atoms with Gasteiger partial charge in [0.1, 0.15) is 0 Å². The average molecular weight is 375 g/mol. The Bertz CT molecular complexity index is 767.